The van der Waals surface area contributed by atoms with Gasteiger partial charge in [0.05, 0.1) is 18.9 Å². The van der Waals surface area contributed by atoms with Crippen molar-refractivity contribution in [1.82, 2.24) is 19.4 Å². The SMILES string of the molecule is O=C1COc2nc(-c3cn4ccnc4c(Nc4ccc(N5CCOCC5)cc4)n3)ccc2N1. The van der Waals surface area contributed by atoms with Crippen molar-refractivity contribution < 1.29 is 14.3 Å². The van der Waals surface area contributed by atoms with Crippen LogP contribution >= 0.6 is 0 Å². The molecular weight excluding hydrogens is 422 g/mol. The third-order valence-corrected chi connectivity index (χ3v) is 5.62. The molecule has 2 aliphatic rings. The average Bonchev–Trinajstić information content (AvgIpc) is 3.34. The Kier molecular flexibility index (Phi) is 4.76. The second kappa shape index (κ2) is 8.06. The Morgan fingerprint density at radius 2 is 1.85 bits per heavy atom. The van der Waals surface area contributed by atoms with Gasteiger partial charge in [-0.1, -0.05) is 0 Å². The molecule has 0 atom stereocenters. The molecule has 1 amide bonds. The largest absolute Gasteiger partial charge is 0.466 e. The third-order valence-electron chi connectivity index (χ3n) is 5.62. The van der Waals surface area contributed by atoms with Gasteiger partial charge in [0.2, 0.25) is 5.88 Å². The van der Waals surface area contributed by atoms with Crippen LogP contribution < -0.4 is 20.3 Å². The molecule has 1 fully saturated rings. The molecule has 5 heterocycles. The van der Waals surface area contributed by atoms with E-state index in [1.165, 1.54) is 5.69 Å². The molecule has 0 saturated carbocycles. The van der Waals surface area contributed by atoms with Gasteiger partial charge in [0.25, 0.3) is 5.91 Å². The normalized spacial score (nSPS) is 15.6. The highest BCUT2D eigenvalue weighted by atomic mass is 16.5. The molecule has 3 aromatic heterocycles. The van der Waals surface area contributed by atoms with Crippen molar-refractivity contribution in [2.75, 3.05) is 48.4 Å². The van der Waals surface area contributed by atoms with Gasteiger partial charge in [-0.3, -0.25) is 4.79 Å². The number of carbonyl (C=O) groups is 1. The summed E-state index contributed by atoms with van der Waals surface area (Å²) in [5.74, 6) is 0.805. The molecule has 0 radical (unpaired) electrons. The predicted octanol–water partition coefficient (Wildman–Crippen LogP) is 2.70. The molecule has 0 spiro atoms. The monoisotopic (exact) mass is 443 g/mol. The van der Waals surface area contributed by atoms with E-state index >= 15 is 0 Å². The molecule has 33 heavy (non-hydrogen) atoms. The Morgan fingerprint density at radius 3 is 2.70 bits per heavy atom. The molecule has 4 aromatic rings. The fourth-order valence-corrected chi connectivity index (χ4v) is 3.96. The number of ether oxygens (including phenoxy) is 2. The first-order chi connectivity index (χ1) is 16.2. The average molecular weight is 443 g/mol. The van der Waals surface area contributed by atoms with Gasteiger partial charge in [-0.05, 0) is 36.4 Å². The summed E-state index contributed by atoms with van der Waals surface area (Å²) in [5, 5.41) is 6.14. The lowest BCUT2D eigenvalue weighted by Crippen LogP contribution is -2.36. The lowest BCUT2D eigenvalue weighted by molar-refractivity contribution is -0.118. The number of nitrogens with zero attached hydrogens (tertiary/aromatic N) is 5. The van der Waals surface area contributed by atoms with Crippen LogP contribution in [0.1, 0.15) is 0 Å². The van der Waals surface area contributed by atoms with Crippen molar-refractivity contribution in [3.8, 4) is 17.3 Å². The second-order valence-corrected chi connectivity index (χ2v) is 7.79. The number of rotatable bonds is 4. The topological polar surface area (TPSA) is 106 Å². The van der Waals surface area contributed by atoms with Crippen molar-refractivity contribution in [2.24, 2.45) is 0 Å². The Hall–Kier alpha value is -4.18. The van der Waals surface area contributed by atoms with E-state index in [0.29, 0.717) is 34.4 Å². The van der Waals surface area contributed by atoms with Gasteiger partial charge in [0, 0.05) is 43.1 Å². The highest BCUT2D eigenvalue weighted by Gasteiger charge is 2.19. The van der Waals surface area contributed by atoms with Gasteiger partial charge in [-0.25, -0.2) is 15.0 Å². The summed E-state index contributed by atoms with van der Waals surface area (Å²) in [5.41, 5.74) is 4.62. The summed E-state index contributed by atoms with van der Waals surface area (Å²) < 4.78 is 12.8. The Bertz CT molecular complexity index is 1330. The molecule has 2 aliphatic heterocycles. The Balaban J connectivity index is 1.31. The Labute approximate surface area is 189 Å². The van der Waals surface area contributed by atoms with Crippen molar-refractivity contribution in [3.63, 3.8) is 0 Å². The Morgan fingerprint density at radius 1 is 1.00 bits per heavy atom. The predicted molar refractivity (Wildman–Crippen MR) is 123 cm³/mol. The fourth-order valence-electron chi connectivity index (χ4n) is 3.96. The van der Waals surface area contributed by atoms with E-state index in [-0.39, 0.29) is 12.5 Å². The van der Waals surface area contributed by atoms with E-state index in [2.05, 4.69) is 37.6 Å². The molecule has 2 N–H and O–H groups in total. The van der Waals surface area contributed by atoms with Crippen molar-refractivity contribution in [2.45, 2.75) is 0 Å². The van der Waals surface area contributed by atoms with E-state index in [0.717, 1.165) is 32.0 Å². The molecule has 1 aromatic carbocycles. The number of fused-ring (bicyclic) bond motifs is 2. The van der Waals surface area contributed by atoms with Crippen LogP contribution in [0.25, 0.3) is 17.0 Å². The highest BCUT2D eigenvalue weighted by molar-refractivity contribution is 5.95. The van der Waals surface area contributed by atoms with Crippen LogP contribution in [-0.4, -0.2) is 58.2 Å². The summed E-state index contributed by atoms with van der Waals surface area (Å²) >= 11 is 0. The number of amides is 1. The fraction of sp³-hybridized carbons (Fsp3) is 0.217. The second-order valence-electron chi connectivity index (χ2n) is 7.79. The molecule has 166 valence electrons. The number of hydrogen-bond donors (Lipinski definition) is 2. The lowest BCUT2D eigenvalue weighted by atomic mass is 10.2. The highest BCUT2D eigenvalue weighted by Crippen LogP contribution is 2.30. The summed E-state index contributed by atoms with van der Waals surface area (Å²) in [6, 6.07) is 11.8. The number of benzene rings is 1. The van der Waals surface area contributed by atoms with Crippen LogP contribution in [0.2, 0.25) is 0 Å². The minimum absolute atomic E-state index is 0.0509. The van der Waals surface area contributed by atoms with Crippen LogP contribution in [0, 0.1) is 0 Å². The zero-order valence-electron chi connectivity index (χ0n) is 17.7. The number of imidazole rings is 1. The van der Waals surface area contributed by atoms with Gasteiger partial charge in [-0.15, -0.1) is 0 Å². The van der Waals surface area contributed by atoms with Crippen LogP contribution in [0.5, 0.6) is 5.88 Å². The molecule has 0 unspecified atom stereocenters. The first-order valence-corrected chi connectivity index (χ1v) is 10.7. The van der Waals surface area contributed by atoms with Crippen molar-refractivity contribution in [1.29, 1.82) is 0 Å². The first-order valence-electron chi connectivity index (χ1n) is 10.7. The van der Waals surface area contributed by atoms with Gasteiger partial charge in [0.15, 0.2) is 18.1 Å². The van der Waals surface area contributed by atoms with E-state index in [1.54, 1.807) is 18.3 Å². The van der Waals surface area contributed by atoms with Crippen LogP contribution in [0.3, 0.4) is 0 Å². The minimum Gasteiger partial charge on any atom is -0.466 e. The molecule has 1 saturated heterocycles. The number of pyridine rings is 1. The maximum Gasteiger partial charge on any atom is 0.262 e. The number of hydrogen-bond acceptors (Lipinski definition) is 8. The number of anilines is 4. The third kappa shape index (κ3) is 3.80. The number of carbonyl (C=O) groups excluding carboxylic acids is 1. The summed E-state index contributed by atoms with van der Waals surface area (Å²) in [6.45, 7) is 3.24. The van der Waals surface area contributed by atoms with Gasteiger partial charge in [-0.2, -0.15) is 0 Å². The van der Waals surface area contributed by atoms with Gasteiger partial charge < -0.3 is 29.4 Å². The molecule has 10 nitrogen and oxygen atoms in total. The summed E-state index contributed by atoms with van der Waals surface area (Å²) in [4.78, 5) is 27.6. The van der Waals surface area contributed by atoms with E-state index in [4.69, 9.17) is 14.5 Å². The first kappa shape index (κ1) is 19.5. The zero-order valence-corrected chi connectivity index (χ0v) is 17.7. The van der Waals surface area contributed by atoms with Gasteiger partial charge >= 0.3 is 0 Å². The molecular formula is C23H21N7O3. The van der Waals surface area contributed by atoms with Crippen LogP contribution in [0.15, 0.2) is 55.0 Å². The minimum atomic E-state index is -0.193. The summed E-state index contributed by atoms with van der Waals surface area (Å²) in [7, 11) is 0. The van der Waals surface area contributed by atoms with Crippen molar-refractivity contribution >= 4 is 34.4 Å². The van der Waals surface area contributed by atoms with E-state index < -0.39 is 0 Å². The number of morpholine rings is 1. The van der Waals surface area contributed by atoms with E-state index in [9.17, 15) is 4.79 Å². The molecule has 10 heteroatoms. The standard InChI is InChI=1S/C23H21N7O3/c31-20-14-33-23-18(26-20)6-5-17(28-23)19-13-30-8-7-24-22(30)21(27-19)25-15-1-3-16(4-2-15)29-9-11-32-12-10-29/h1-8,13H,9-12,14H2,(H,25,27)(H,26,31). The molecule has 6 rings (SSSR count). The van der Waals surface area contributed by atoms with Crippen LogP contribution in [0.4, 0.5) is 22.9 Å². The number of aromatic nitrogens is 4. The zero-order chi connectivity index (χ0) is 22.2. The van der Waals surface area contributed by atoms with Crippen LogP contribution in [-0.2, 0) is 9.53 Å². The quantitative estimate of drug-likeness (QED) is 0.496. The number of nitrogens with one attached hydrogen (secondary N) is 2. The molecule has 0 bridgehead atoms. The maximum absolute atomic E-state index is 11.5. The van der Waals surface area contributed by atoms with Crippen molar-refractivity contribution in [3.05, 3.63) is 55.0 Å². The van der Waals surface area contributed by atoms with E-state index in [1.807, 2.05) is 28.9 Å². The summed E-state index contributed by atoms with van der Waals surface area (Å²) in [6.07, 6.45) is 5.46. The molecule has 0 aliphatic carbocycles. The lowest BCUT2D eigenvalue weighted by Gasteiger charge is -2.28. The maximum atomic E-state index is 11.5. The smallest absolute Gasteiger partial charge is 0.262 e. The van der Waals surface area contributed by atoms with Gasteiger partial charge in [0.1, 0.15) is 11.4 Å².